The SMILES string of the molecule is N#Cc1cccc(NC(=O)CSc2ccccc2C(=O)OCC(=O)Nc2ccc([N+](=O)[O-])cc2)c1. The Hall–Kier alpha value is -4.69. The number of nitrogens with zero attached hydrogens (tertiary/aromatic N) is 2. The molecule has 0 bridgehead atoms. The minimum absolute atomic E-state index is 0.00169. The van der Waals surface area contributed by atoms with Gasteiger partial charge in [0.25, 0.3) is 11.6 Å². The van der Waals surface area contributed by atoms with Crippen molar-refractivity contribution in [1.29, 1.82) is 5.26 Å². The molecule has 2 N–H and O–H groups in total. The molecule has 10 nitrogen and oxygen atoms in total. The first kappa shape index (κ1) is 24.9. The maximum absolute atomic E-state index is 12.5. The highest BCUT2D eigenvalue weighted by Gasteiger charge is 2.16. The Morgan fingerprint density at radius 1 is 0.943 bits per heavy atom. The topological polar surface area (TPSA) is 151 Å². The Kier molecular flexibility index (Phi) is 8.53. The van der Waals surface area contributed by atoms with Crippen LogP contribution >= 0.6 is 11.8 Å². The zero-order chi connectivity index (χ0) is 25.2. The largest absolute Gasteiger partial charge is 0.452 e. The summed E-state index contributed by atoms with van der Waals surface area (Å²) in [6.07, 6.45) is 0. The molecule has 0 aromatic heterocycles. The number of nitrogens with one attached hydrogen (secondary N) is 2. The molecule has 0 aliphatic heterocycles. The second kappa shape index (κ2) is 12.0. The molecule has 0 heterocycles. The van der Waals surface area contributed by atoms with Crippen LogP contribution in [0, 0.1) is 21.4 Å². The maximum atomic E-state index is 12.5. The average Bonchev–Trinajstić information content (AvgIpc) is 2.86. The Balaban J connectivity index is 1.53. The molecule has 3 rings (SSSR count). The first-order chi connectivity index (χ1) is 16.9. The summed E-state index contributed by atoms with van der Waals surface area (Å²) in [6, 6.07) is 20.2. The van der Waals surface area contributed by atoms with Gasteiger partial charge in [-0.3, -0.25) is 19.7 Å². The molecule has 0 atom stereocenters. The summed E-state index contributed by atoms with van der Waals surface area (Å²) in [5.74, 6) is -1.68. The second-order valence-corrected chi connectivity index (χ2v) is 7.97. The van der Waals surface area contributed by atoms with Gasteiger partial charge in [-0.1, -0.05) is 18.2 Å². The van der Waals surface area contributed by atoms with Crippen molar-refractivity contribution < 1.29 is 24.0 Å². The van der Waals surface area contributed by atoms with Crippen LogP contribution in [0.2, 0.25) is 0 Å². The van der Waals surface area contributed by atoms with Crippen molar-refractivity contribution in [2.24, 2.45) is 0 Å². The van der Waals surface area contributed by atoms with Crippen molar-refractivity contribution in [1.82, 2.24) is 0 Å². The minimum atomic E-state index is -0.742. The number of hydrogen-bond acceptors (Lipinski definition) is 8. The summed E-state index contributed by atoms with van der Waals surface area (Å²) in [5.41, 5.74) is 1.30. The van der Waals surface area contributed by atoms with E-state index < -0.39 is 23.4 Å². The van der Waals surface area contributed by atoms with Gasteiger partial charge in [0, 0.05) is 28.4 Å². The fourth-order valence-corrected chi connectivity index (χ4v) is 3.68. The molecular formula is C24H18N4O6S. The first-order valence-corrected chi connectivity index (χ1v) is 11.1. The van der Waals surface area contributed by atoms with Crippen LogP contribution in [-0.2, 0) is 14.3 Å². The van der Waals surface area contributed by atoms with Crippen LogP contribution in [0.5, 0.6) is 0 Å². The monoisotopic (exact) mass is 490 g/mol. The van der Waals surface area contributed by atoms with Gasteiger partial charge < -0.3 is 15.4 Å². The van der Waals surface area contributed by atoms with Crippen molar-refractivity contribution in [3.63, 3.8) is 0 Å². The van der Waals surface area contributed by atoms with Gasteiger partial charge in [-0.2, -0.15) is 5.26 Å². The van der Waals surface area contributed by atoms with Crippen LogP contribution in [0.4, 0.5) is 17.1 Å². The van der Waals surface area contributed by atoms with Crippen molar-refractivity contribution in [3.05, 3.63) is 94.0 Å². The number of carbonyl (C=O) groups excluding carboxylic acids is 3. The minimum Gasteiger partial charge on any atom is -0.452 e. The molecule has 35 heavy (non-hydrogen) atoms. The smallest absolute Gasteiger partial charge is 0.339 e. The lowest BCUT2D eigenvalue weighted by Gasteiger charge is -2.10. The number of ether oxygens (including phenoxy) is 1. The molecule has 0 saturated heterocycles. The molecule has 0 aliphatic rings. The summed E-state index contributed by atoms with van der Waals surface area (Å²) >= 11 is 1.12. The van der Waals surface area contributed by atoms with Crippen LogP contribution < -0.4 is 10.6 Å². The van der Waals surface area contributed by atoms with Crippen molar-refractivity contribution in [3.8, 4) is 6.07 Å². The van der Waals surface area contributed by atoms with Crippen molar-refractivity contribution in [2.75, 3.05) is 23.0 Å². The zero-order valence-corrected chi connectivity index (χ0v) is 18.9. The quantitative estimate of drug-likeness (QED) is 0.198. The molecule has 0 saturated carbocycles. The lowest BCUT2D eigenvalue weighted by atomic mass is 10.2. The van der Waals surface area contributed by atoms with Crippen LogP contribution in [0.3, 0.4) is 0 Å². The van der Waals surface area contributed by atoms with Gasteiger partial charge in [0.05, 0.1) is 27.9 Å². The van der Waals surface area contributed by atoms with E-state index in [1.807, 2.05) is 6.07 Å². The molecule has 0 fully saturated rings. The number of benzene rings is 3. The molecule has 176 valence electrons. The molecule has 11 heteroatoms. The van der Waals surface area contributed by atoms with Gasteiger partial charge in [-0.25, -0.2) is 4.79 Å². The molecule has 0 radical (unpaired) electrons. The maximum Gasteiger partial charge on any atom is 0.339 e. The van der Waals surface area contributed by atoms with Crippen LogP contribution in [0.25, 0.3) is 0 Å². The van der Waals surface area contributed by atoms with Gasteiger partial charge in [0.2, 0.25) is 5.91 Å². The van der Waals surface area contributed by atoms with E-state index in [4.69, 9.17) is 10.00 Å². The van der Waals surface area contributed by atoms with Gasteiger partial charge in [0.1, 0.15) is 0 Å². The molecule has 0 aliphatic carbocycles. The van der Waals surface area contributed by atoms with E-state index in [2.05, 4.69) is 10.6 Å². The number of nitriles is 1. The zero-order valence-electron chi connectivity index (χ0n) is 18.1. The standard InChI is InChI=1S/C24H18N4O6S/c25-13-16-4-3-5-18(12-16)27-23(30)15-35-21-7-2-1-6-20(21)24(31)34-14-22(29)26-17-8-10-19(11-9-17)28(32)33/h1-12H,14-15H2,(H,26,29)(H,27,30). The average molecular weight is 490 g/mol. The number of non-ortho nitro benzene ring substituents is 1. The van der Waals surface area contributed by atoms with E-state index in [1.165, 1.54) is 30.3 Å². The van der Waals surface area contributed by atoms with Gasteiger partial charge in [0.15, 0.2) is 6.61 Å². The highest BCUT2D eigenvalue weighted by atomic mass is 32.2. The summed E-state index contributed by atoms with van der Waals surface area (Å²) in [5, 5.41) is 24.8. The second-order valence-electron chi connectivity index (χ2n) is 6.95. The van der Waals surface area contributed by atoms with Gasteiger partial charge in [-0.05, 0) is 42.5 Å². The fourth-order valence-electron chi connectivity index (χ4n) is 2.84. The van der Waals surface area contributed by atoms with Gasteiger partial charge in [-0.15, -0.1) is 11.8 Å². The van der Waals surface area contributed by atoms with Crippen LogP contribution in [0.15, 0.2) is 77.7 Å². The summed E-state index contributed by atoms with van der Waals surface area (Å²) in [7, 11) is 0. The van der Waals surface area contributed by atoms with E-state index in [0.29, 0.717) is 21.8 Å². The molecule has 3 aromatic carbocycles. The van der Waals surface area contributed by atoms with Crippen LogP contribution in [0.1, 0.15) is 15.9 Å². The molecule has 0 unspecified atom stereocenters. The highest BCUT2D eigenvalue weighted by Crippen LogP contribution is 2.24. The summed E-state index contributed by atoms with van der Waals surface area (Å²) < 4.78 is 5.09. The van der Waals surface area contributed by atoms with E-state index >= 15 is 0 Å². The van der Waals surface area contributed by atoms with Gasteiger partial charge >= 0.3 is 5.97 Å². The van der Waals surface area contributed by atoms with Crippen molar-refractivity contribution >= 4 is 46.6 Å². The summed E-state index contributed by atoms with van der Waals surface area (Å²) in [6.45, 7) is -0.565. The van der Waals surface area contributed by atoms with Crippen molar-refractivity contribution in [2.45, 2.75) is 4.90 Å². The Labute approximate surface area is 204 Å². The molecule has 2 amide bonds. The number of thioether (sulfide) groups is 1. The van der Waals surface area contributed by atoms with E-state index in [-0.39, 0.29) is 22.9 Å². The Morgan fingerprint density at radius 3 is 2.37 bits per heavy atom. The molecular weight excluding hydrogens is 472 g/mol. The number of esters is 1. The fraction of sp³-hybridized carbons (Fsp3) is 0.0833. The predicted molar refractivity (Wildman–Crippen MR) is 129 cm³/mol. The number of carbonyl (C=O) groups is 3. The molecule has 0 spiro atoms. The molecule has 3 aromatic rings. The lowest BCUT2D eigenvalue weighted by molar-refractivity contribution is -0.384. The Morgan fingerprint density at radius 2 is 1.66 bits per heavy atom. The number of hydrogen-bond donors (Lipinski definition) is 2. The third-order valence-electron chi connectivity index (χ3n) is 4.44. The highest BCUT2D eigenvalue weighted by molar-refractivity contribution is 8.00. The number of nitro groups is 1. The number of anilines is 2. The number of rotatable bonds is 9. The number of amides is 2. The summed E-state index contributed by atoms with van der Waals surface area (Å²) in [4.78, 5) is 47.5. The van der Waals surface area contributed by atoms with E-state index in [9.17, 15) is 24.5 Å². The van der Waals surface area contributed by atoms with E-state index in [1.54, 1.807) is 42.5 Å². The third kappa shape index (κ3) is 7.41. The lowest BCUT2D eigenvalue weighted by Crippen LogP contribution is -2.21. The van der Waals surface area contributed by atoms with E-state index in [0.717, 1.165) is 11.8 Å². The Bertz CT molecular complexity index is 1300. The predicted octanol–water partition coefficient (Wildman–Crippen LogP) is 3.99. The normalized spacial score (nSPS) is 10.0. The van der Waals surface area contributed by atoms with Crippen LogP contribution in [-0.4, -0.2) is 35.1 Å². The number of nitro benzene ring substituents is 1. The third-order valence-corrected chi connectivity index (χ3v) is 5.51. The first-order valence-electron chi connectivity index (χ1n) is 10.1.